The third-order valence-corrected chi connectivity index (χ3v) is 5.41. The predicted molar refractivity (Wildman–Crippen MR) is 90.2 cm³/mol. The standard InChI is InChI=1S/C18H24O4S/c1-3-5-15(19)18-16(20)9-13(10-17(18)21)8-12(2)23-11-14-6-4-7-22-14/h4,6-7,12-13,18H,3,5,8-11H2,1-2H3. The second-order valence-electron chi connectivity index (χ2n) is 6.29. The Morgan fingerprint density at radius 3 is 2.61 bits per heavy atom. The maximum absolute atomic E-state index is 12.2. The van der Waals surface area contributed by atoms with Crippen LogP contribution in [0.15, 0.2) is 22.8 Å². The Hall–Kier alpha value is -1.36. The molecule has 0 saturated heterocycles. The summed E-state index contributed by atoms with van der Waals surface area (Å²) in [5, 5.41) is 0.341. The minimum absolute atomic E-state index is 0.0692. The lowest BCUT2D eigenvalue weighted by molar-refractivity contribution is -0.143. The second kappa shape index (κ2) is 8.48. The highest BCUT2D eigenvalue weighted by Gasteiger charge is 2.39. The van der Waals surface area contributed by atoms with Crippen LogP contribution in [0, 0.1) is 11.8 Å². The average molecular weight is 336 g/mol. The van der Waals surface area contributed by atoms with Crippen molar-refractivity contribution < 1.29 is 18.8 Å². The van der Waals surface area contributed by atoms with Gasteiger partial charge in [-0.1, -0.05) is 13.8 Å². The molecule has 4 nitrogen and oxygen atoms in total. The van der Waals surface area contributed by atoms with Gasteiger partial charge in [0.1, 0.15) is 11.7 Å². The van der Waals surface area contributed by atoms with Gasteiger partial charge in [-0.25, -0.2) is 0 Å². The summed E-state index contributed by atoms with van der Waals surface area (Å²) < 4.78 is 5.30. The van der Waals surface area contributed by atoms with Crippen molar-refractivity contribution in [3.05, 3.63) is 24.2 Å². The van der Waals surface area contributed by atoms with Gasteiger partial charge in [0.15, 0.2) is 17.3 Å². The number of hydrogen-bond acceptors (Lipinski definition) is 5. The topological polar surface area (TPSA) is 64.3 Å². The molecule has 23 heavy (non-hydrogen) atoms. The molecule has 0 aromatic carbocycles. The molecule has 1 aliphatic carbocycles. The van der Waals surface area contributed by atoms with Crippen molar-refractivity contribution in [3.8, 4) is 0 Å². The highest BCUT2D eigenvalue weighted by atomic mass is 32.2. The molecule has 126 valence electrons. The van der Waals surface area contributed by atoms with E-state index in [0.717, 1.165) is 17.9 Å². The van der Waals surface area contributed by atoms with Crippen LogP contribution in [-0.2, 0) is 20.1 Å². The molecule has 2 rings (SSSR count). The quantitative estimate of drug-likeness (QED) is 0.675. The highest BCUT2D eigenvalue weighted by molar-refractivity contribution is 7.99. The van der Waals surface area contributed by atoms with Crippen LogP contribution >= 0.6 is 11.8 Å². The minimum atomic E-state index is -0.975. The molecule has 0 amide bonds. The number of rotatable bonds is 8. The van der Waals surface area contributed by atoms with Crippen molar-refractivity contribution in [1.82, 2.24) is 0 Å². The fourth-order valence-corrected chi connectivity index (χ4v) is 4.15. The van der Waals surface area contributed by atoms with Gasteiger partial charge in [0, 0.05) is 24.5 Å². The molecule has 0 N–H and O–H groups in total. The fourth-order valence-electron chi connectivity index (χ4n) is 3.13. The summed E-state index contributed by atoms with van der Waals surface area (Å²) in [6.07, 6.45) is 4.20. The molecule has 0 radical (unpaired) electrons. The normalized spacial score (nSPS) is 23.0. The van der Waals surface area contributed by atoms with Crippen molar-refractivity contribution >= 4 is 29.1 Å². The number of hydrogen-bond donors (Lipinski definition) is 0. The van der Waals surface area contributed by atoms with E-state index in [1.807, 2.05) is 19.1 Å². The van der Waals surface area contributed by atoms with E-state index in [1.165, 1.54) is 0 Å². The van der Waals surface area contributed by atoms with Crippen LogP contribution in [0.3, 0.4) is 0 Å². The summed E-state index contributed by atoms with van der Waals surface area (Å²) in [5.41, 5.74) is 0. The number of ketones is 3. The second-order valence-corrected chi connectivity index (χ2v) is 7.72. The van der Waals surface area contributed by atoms with E-state index in [4.69, 9.17) is 4.42 Å². The summed E-state index contributed by atoms with van der Waals surface area (Å²) in [5.74, 6) is 0.280. The van der Waals surface area contributed by atoms with Crippen LogP contribution < -0.4 is 0 Å². The van der Waals surface area contributed by atoms with E-state index in [0.29, 0.717) is 30.9 Å². The van der Waals surface area contributed by atoms with Crippen molar-refractivity contribution in [2.45, 2.75) is 57.0 Å². The first-order valence-corrected chi connectivity index (χ1v) is 9.28. The van der Waals surface area contributed by atoms with Gasteiger partial charge >= 0.3 is 0 Å². The maximum Gasteiger partial charge on any atom is 0.151 e. The lowest BCUT2D eigenvalue weighted by Gasteiger charge is -2.27. The maximum atomic E-state index is 12.2. The van der Waals surface area contributed by atoms with Crippen molar-refractivity contribution in [3.63, 3.8) is 0 Å². The van der Waals surface area contributed by atoms with Gasteiger partial charge < -0.3 is 4.42 Å². The average Bonchev–Trinajstić information content (AvgIpc) is 2.98. The van der Waals surface area contributed by atoms with Gasteiger partial charge in [-0.15, -0.1) is 0 Å². The molecule has 1 heterocycles. The Kier molecular flexibility index (Phi) is 6.63. The molecule has 0 spiro atoms. The van der Waals surface area contributed by atoms with Crippen LogP contribution in [0.25, 0.3) is 0 Å². The molecule has 1 aromatic rings. The van der Waals surface area contributed by atoms with Crippen LogP contribution in [0.2, 0.25) is 0 Å². The van der Waals surface area contributed by atoms with E-state index >= 15 is 0 Å². The monoisotopic (exact) mass is 336 g/mol. The zero-order valence-corrected chi connectivity index (χ0v) is 14.6. The van der Waals surface area contributed by atoms with Gasteiger partial charge in [-0.2, -0.15) is 11.8 Å². The molecule has 1 saturated carbocycles. The molecule has 1 aromatic heterocycles. The van der Waals surface area contributed by atoms with Gasteiger partial charge in [0.25, 0.3) is 0 Å². The van der Waals surface area contributed by atoms with Crippen molar-refractivity contribution in [1.29, 1.82) is 0 Å². The summed E-state index contributed by atoms with van der Waals surface area (Å²) in [7, 11) is 0. The predicted octanol–water partition coefficient (Wildman–Crippen LogP) is 3.83. The van der Waals surface area contributed by atoms with Crippen molar-refractivity contribution in [2.75, 3.05) is 0 Å². The first-order valence-electron chi connectivity index (χ1n) is 8.23. The zero-order valence-electron chi connectivity index (χ0n) is 13.7. The number of furan rings is 1. The lowest BCUT2D eigenvalue weighted by atomic mass is 9.76. The Balaban J connectivity index is 1.82. The van der Waals surface area contributed by atoms with E-state index in [1.54, 1.807) is 18.0 Å². The van der Waals surface area contributed by atoms with Gasteiger partial charge in [0.05, 0.1) is 12.0 Å². The molecular weight excluding hydrogens is 312 g/mol. The van der Waals surface area contributed by atoms with E-state index in [-0.39, 0.29) is 23.3 Å². The molecule has 1 aliphatic rings. The minimum Gasteiger partial charge on any atom is -0.468 e. The number of thioether (sulfide) groups is 1. The zero-order chi connectivity index (χ0) is 16.8. The smallest absolute Gasteiger partial charge is 0.151 e. The Bertz CT molecular complexity index is 531. The first-order chi connectivity index (χ1) is 11.0. The largest absolute Gasteiger partial charge is 0.468 e. The van der Waals surface area contributed by atoms with Crippen molar-refractivity contribution in [2.24, 2.45) is 11.8 Å². The molecule has 1 fully saturated rings. The molecule has 1 atom stereocenters. The number of Topliss-reactive ketones (excluding diaryl/α,β-unsaturated/α-hetero) is 3. The molecule has 0 bridgehead atoms. The Labute approximate surface area is 141 Å². The first kappa shape index (κ1) is 18.0. The fraction of sp³-hybridized carbons (Fsp3) is 0.611. The molecule has 0 aliphatic heterocycles. The SMILES string of the molecule is CCCC(=O)C1C(=O)CC(CC(C)SCc2ccco2)CC1=O. The van der Waals surface area contributed by atoms with Crippen LogP contribution in [0.5, 0.6) is 0 Å². The van der Waals surface area contributed by atoms with Gasteiger partial charge in [-0.3, -0.25) is 14.4 Å². The van der Waals surface area contributed by atoms with E-state index < -0.39 is 5.92 Å². The van der Waals surface area contributed by atoms with Gasteiger partial charge in [-0.05, 0) is 30.9 Å². The van der Waals surface area contributed by atoms with E-state index in [9.17, 15) is 14.4 Å². The molecule has 5 heteroatoms. The molecular formula is C18H24O4S. The summed E-state index contributed by atoms with van der Waals surface area (Å²) >= 11 is 1.76. The van der Waals surface area contributed by atoms with Gasteiger partial charge in [0.2, 0.25) is 0 Å². The Morgan fingerprint density at radius 1 is 1.35 bits per heavy atom. The Morgan fingerprint density at radius 2 is 2.04 bits per heavy atom. The number of carbonyl (C=O) groups excluding carboxylic acids is 3. The van der Waals surface area contributed by atoms with Crippen LogP contribution in [0.1, 0.15) is 51.7 Å². The highest BCUT2D eigenvalue weighted by Crippen LogP contribution is 2.32. The summed E-state index contributed by atoms with van der Waals surface area (Å²) in [6.45, 7) is 3.99. The van der Waals surface area contributed by atoms with E-state index in [2.05, 4.69) is 6.92 Å². The van der Waals surface area contributed by atoms with Crippen LogP contribution in [0.4, 0.5) is 0 Å². The lowest BCUT2D eigenvalue weighted by Crippen LogP contribution is -2.39. The van der Waals surface area contributed by atoms with Crippen LogP contribution in [-0.4, -0.2) is 22.6 Å². The molecule has 1 unspecified atom stereocenters. The third-order valence-electron chi connectivity index (χ3n) is 4.20. The third kappa shape index (κ3) is 5.06. The number of carbonyl (C=O) groups is 3. The summed E-state index contributed by atoms with van der Waals surface area (Å²) in [6, 6.07) is 3.81. The summed E-state index contributed by atoms with van der Waals surface area (Å²) in [4.78, 5) is 36.3.